The third-order valence-electron chi connectivity index (χ3n) is 3.53. The predicted octanol–water partition coefficient (Wildman–Crippen LogP) is 0.822. The largest absolute Gasteiger partial charge is 0.451 e. The minimum atomic E-state index is -0.893. The second-order valence-corrected chi connectivity index (χ2v) is 5.44. The van der Waals surface area contributed by atoms with Crippen LogP contribution in [0.2, 0.25) is 0 Å². The van der Waals surface area contributed by atoms with Gasteiger partial charge in [-0.2, -0.15) is 0 Å². The molecule has 2 rings (SSSR count). The van der Waals surface area contributed by atoms with Gasteiger partial charge >= 0.3 is 5.97 Å². The van der Waals surface area contributed by atoms with Gasteiger partial charge in [-0.1, -0.05) is 29.8 Å². The van der Waals surface area contributed by atoms with Gasteiger partial charge < -0.3 is 15.4 Å². The van der Waals surface area contributed by atoms with Crippen molar-refractivity contribution in [1.82, 2.24) is 10.6 Å². The van der Waals surface area contributed by atoms with E-state index in [1.165, 1.54) is 6.92 Å². The summed E-state index contributed by atoms with van der Waals surface area (Å²) < 4.78 is 5.09. The average Bonchev–Trinajstić information content (AvgIpc) is 2.93. The van der Waals surface area contributed by atoms with Gasteiger partial charge in [0.1, 0.15) is 6.04 Å². The van der Waals surface area contributed by atoms with E-state index in [0.717, 1.165) is 11.1 Å². The molecule has 1 aliphatic heterocycles. The van der Waals surface area contributed by atoms with Crippen LogP contribution in [-0.2, 0) is 25.7 Å². The lowest BCUT2D eigenvalue weighted by Crippen LogP contribution is -2.41. The Morgan fingerprint density at radius 1 is 1.36 bits per heavy atom. The molecule has 1 fully saturated rings. The Morgan fingerprint density at radius 2 is 2.05 bits per heavy atom. The topological polar surface area (TPSA) is 84.5 Å². The number of rotatable bonds is 5. The van der Waals surface area contributed by atoms with Gasteiger partial charge in [-0.3, -0.25) is 9.59 Å². The van der Waals surface area contributed by atoms with E-state index >= 15 is 0 Å². The Kier molecular flexibility index (Phi) is 5.14. The summed E-state index contributed by atoms with van der Waals surface area (Å²) in [5, 5.41) is 5.24. The summed E-state index contributed by atoms with van der Waals surface area (Å²) in [6, 6.07) is 7.15. The molecule has 2 atom stereocenters. The molecule has 2 N–H and O–H groups in total. The Bertz CT molecular complexity index is 568. The fourth-order valence-electron chi connectivity index (χ4n) is 2.14. The molecule has 1 aromatic rings. The van der Waals surface area contributed by atoms with E-state index in [9.17, 15) is 14.4 Å². The zero-order valence-corrected chi connectivity index (χ0v) is 12.7. The normalized spacial score (nSPS) is 18.5. The number of ether oxygens (including phenoxy) is 1. The number of nitrogens with one attached hydrogen (secondary N) is 2. The lowest BCUT2D eigenvalue weighted by atomic mass is 10.1. The smallest absolute Gasteiger partial charge is 0.329 e. The molecule has 0 spiro atoms. The summed E-state index contributed by atoms with van der Waals surface area (Å²) in [5.74, 6) is -1.10. The molecule has 118 valence electrons. The minimum Gasteiger partial charge on any atom is -0.451 e. The number of hydrogen-bond donors (Lipinski definition) is 2. The van der Waals surface area contributed by atoms with Crippen molar-refractivity contribution in [2.45, 2.75) is 45.4 Å². The highest BCUT2D eigenvalue weighted by molar-refractivity contribution is 5.90. The van der Waals surface area contributed by atoms with Gasteiger partial charge in [0, 0.05) is 13.0 Å². The second-order valence-electron chi connectivity index (χ2n) is 5.44. The molecule has 0 bridgehead atoms. The lowest BCUT2D eigenvalue weighted by Gasteiger charge is -2.16. The van der Waals surface area contributed by atoms with Crippen LogP contribution in [0.4, 0.5) is 0 Å². The van der Waals surface area contributed by atoms with Crippen LogP contribution >= 0.6 is 0 Å². The highest BCUT2D eigenvalue weighted by Gasteiger charge is 2.30. The van der Waals surface area contributed by atoms with Crippen molar-refractivity contribution in [3.05, 3.63) is 35.4 Å². The third kappa shape index (κ3) is 4.31. The maximum Gasteiger partial charge on any atom is 0.329 e. The number of hydrogen-bond acceptors (Lipinski definition) is 4. The van der Waals surface area contributed by atoms with E-state index in [0.29, 0.717) is 19.4 Å². The molecule has 6 nitrogen and oxygen atoms in total. The molecular formula is C16H20N2O4. The highest BCUT2D eigenvalue weighted by atomic mass is 16.5. The monoisotopic (exact) mass is 304 g/mol. The van der Waals surface area contributed by atoms with Crippen molar-refractivity contribution in [2.24, 2.45) is 0 Å². The number of carbonyl (C=O) groups is 3. The summed E-state index contributed by atoms with van der Waals surface area (Å²) in [6.45, 7) is 3.88. The van der Waals surface area contributed by atoms with E-state index in [4.69, 9.17) is 4.74 Å². The number of aryl methyl sites for hydroxylation is 1. The van der Waals surface area contributed by atoms with Crippen LogP contribution in [0.5, 0.6) is 0 Å². The molecule has 1 heterocycles. The summed E-state index contributed by atoms with van der Waals surface area (Å²) in [6.07, 6.45) is -0.168. The summed E-state index contributed by atoms with van der Waals surface area (Å²) in [5.41, 5.74) is 2.12. The molecule has 0 unspecified atom stereocenters. The fraction of sp³-hybridized carbons (Fsp3) is 0.438. The molecule has 2 amide bonds. The van der Waals surface area contributed by atoms with Crippen LogP contribution < -0.4 is 10.6 Å². The first-order valence-corrected chi connectivity index (χ1v) is 7.29. The lowest BCUT2D eigenvalue weighted by molar-refractivity contribution is -0.156. The van der Waals surface area contributed by atoms with Crippen molar-refractivity contribution >= 4 is 17.8 Å². The summed E-state index contributed by atoms with van der Waals surface area (Å²) in [7, 11) is 0. The zero-order valence-electron chi connectivity index (χ0n) is 12.7. The predicted molar refractivity (Wildman–Crippen MR) is 79.7 cm³/mol. The molecule has 0 aliphatic carbocycles. The first kappa shape index (κ1) is 16.0. The van der Waals surface area contributed by atoms with Crippen molar-refractivity contribution in [3.63, 3.8) is 0 Å². The van der Waals surface area contributed by atoms with Gasteiger partial charge in [0.25, 0.3) is 5.91 Å². The third-order valence-corrected chi connectivity index (χ3v) is 3.53. The first-order valence-electron chi connectivity index (χ1n) is 7.29. The standard InChI is InChI=1S/C16H20N2O4/c1-10-3-5-12(6-4-10)9-17-15(20)11(2)22-16(21)13-7-8-14(19)18-13/h3-6,11,13H,7-9H2,1-2H3,(H,17,20)(H,18,19)/t11-,13+/m1/s1. The minimum absolute atomic E-state index is 0.168. The zero-order chi connectivity index (χ0) is 16.1. The maximum absolute atomic E-state index is 11.9. The Morgan fingerprint density at radius 3 is 2.64 bits per heavy atom. The molecule has 0 aromatic heterocycles. The van der Waals surface area contributed by atoms with Crippen molar-refractivity contribution in [1.29, 1.82) is 0 Å². The van der Waals surface area contributed by atoms with Crippen LogP contribution in [0.25, 0.3) is 0 Å². The van der Waals surface area contributed by atoms with Crippen LogP contribution in [0.1, 0.15) is 30.9 Å². The van der Waals surface area contributed by atoms with E-state index in [2.05, 4.69) is 10.6 Å². The van der Waals surface area contributed by atoms with Crippen LogP contribution in [-0.4, -0.2) is 29.9 Å². The van der Waals surface area contributed by atoms with Crippen molar-refractivity contribution in [2.75, 3.05) is 0 Å². The second kappa shape index (κ2) is 7.06. The van der Waals surface area contributed by atoms with Gasteiger partial charge in [0.15, 0.2) is 6.10 Å². The number of carbonyl (C=O) groups excluding carboxylic acids is 3. The Hall–Kier alpha value is -2.37. The van der Waals surface area contributed by atoms with Crippen molar-refractivity contribution < 1.29 is 19.1 Å². The number of esters is 1. The molecule has 22 heavy (non-hydrogen) atoms. The molecule has 0 saturated carbocycles. The SMILES string of the molecule is Cc1ccc(CNC(=O)[C@@H](C)OC(=O)[C@@H]2CCC(=O)N2)cc1. The Balaban J connectivity index is 1.78. The van der Waals surface area contributed by atoms with Crippen LogP contribution in [0.15, 0.2) is 24.3 Å². The fourth-order valence-corrected chi connectivity index (χ4v) is 2.14. The summed E-state index contributed by atoms with van der Waals surface area (Å²) >= 11 is 0. The quantitative estimate of drug-likeness (QED) is 0.789. The van der Waals surface area contributed by atoms with Gasteiger partial charge in [0.05, 0.1) is 0 Å². The molecule has 6 heteroatoms. The molecular weight excluding hydrogens is 284 g/mol. The van der Waals surface area contributed by atoms with Crippen LogP contribution in [0.3, 0.4) is 0 Å². The van der Waals surface area contributed by atoms with Gasteiger partial charge in [-0.25, -0.2) is 4.79 Å². The summed E-state index contributed by atoms with van der Waals surface area (Å²) in [4.78, 5) is 34.8. The van der Waals surface area contributed by atoms with E-state index in [1.54, 1.807) is 0 Å². The number of benzene rings is 1. The maximum atomic E-state index is 11.9. The van der Waals surface area contributed by atoms with E-state index in [-0.39, 0.29) is 11.8 Å². The van der Waals surface area contributed by atoms with E-state index in [1.807, 2.05) is 31.2 Å². The molecule has 1 aromatic carbocycles. The highest BCUT2D eigenvalue weighted by Crippen LogP contribution is 2.09. The Labute approximate surface area is 129 Å². The van der Waals surface area contributed by atoms with Crippen molar-refractivity contribution in [3.8, 4) is 0 Å². The van der Waals surface area contributed by atoms with E-state index < -0.39 is 18.1 Å². The van der Waals surface area contributed by atoms with Crippen LogP contribution in [0, 0.1) is 6.92 Å². The number of amides is 2. The molecule has 0 radical (unpaired) electrons. The van der Waals surface area contributed by atoms with Gasteiger partial charge in [-0.15, -0.1) is 0 Å². The average molecular weight is 304 g/mol. The molecule has 1 aliphatic rings. The molecule has 1 saturated heterocycles. The first-order chi connectivity index (χ1) is 10.5. The van der Waals surface area contributed by atoms with Gasteiger partial charge in [-0.05, 0) is 25.8 Å². The van der Waals surface area contributed by atoms with Gasteiger partial charge in [0.2, 0.25) is 5.91 Å².